The number of nitrogens with two attached hydrogens (primary N) is 2. The van der Waals surface area contributed by atoms with Crippen LogP contribution in [0.1, 0.15) is 43.2 Å². The first-order valence-corrected chi connectivity index (χ1v) is 9.86. The van der Waals surface area contributed by atoms with Crippen LogP contribution in [-0.4, -0.2) is 36.9 Å². The molecule has 0 bridgehead atoms. The van der Waals surface area contributed by atoms with E-state index in [1.54, 1.807) is 0 Å². The van der Waals surface area contributed by atoms with Gasteiger partial charge in [-0.2, -0.15) is 0 Å². The number of hydrogen-bond acceptors (Lipinski definition) is 3. The number of likely N-dealkylation sites (tertiary alicyclic amines) is 1. The second-order valence-corrected chi connectivity index (χ2v) is 7.61. The van der Waals surface area contributed by atoms with Gasteiger partial charge in [0, 0.05) is 24.3 Å². The molecule has 26 heavy (non-hydrogen) atoms. The van der Waals surface area contributed by atoms with Crippen molar-refractivity contribution in [3.63, 3.8) is 0 Å². The maximum Gasteiger partial charge on any atom is 0.125 e. The summed E-state index contributed by atoms with van der Waals surface area (Å²) in [6.07, 6.45) is 13.1. The fourth-order valence-electron chi connectivity index (χ4n) is 3.77. The Balaban J connectivity index is 1.41. The number of amidine groups is 1. The SMILES string of the molecule is Cc1cc(C(N)=NCCC2CCN(CC3=CCCC=C3)CC2)ccc1N. The smallest absolute Gasteiger partial charge is 0.125 e. The number of nitrogens with zero attached hydrogens (tertiary/aromatic N) is 2. The maximum absolute atomic E-state index is 6.14. The monoisotopic (exact) mass is 352 g/mol. The number of allylic oxidation sites excluding steroid dienone is 2. The molecule has 3 rings (SSSR count). The van der Waals surface area contributed by atoms with Crippen LogP contribution in [0.15, 0.2) is 47.0 Å². The number of anilines is 1. The van der Waals surface area contributed by atoms with Crippen LogP contribution in [0.2, 0.25) is 0 Å². The minimum atomic E-state index is 0.626. The molecule has 0 unspecified atom stereocenters. The summed E-state index contributed by atoms with van der Waals surface area (Å²) in [5, 5.41) is 0. The third kappa shape index (κ3) is 5.21. The zero-order valence-electron chi connectivity index (χ0n) is 16.0. The molecule has 1 heterocycles. The molecule has 0 radical (unpaired) electrons. The maximum atomic E-state index is 6.14. The fraction of sp³-hybridized carbons (Fsp3) is 0.500. The van der Waals surface area contributed by atoms with Crippen LogP contribution < -0.4 is 11.5 Å². The van der Waals surface area contributed by atoms with Gasteiger partial charge < -0.3 is 11.5 Å². The molecule has 0 spiro atoms. The second kappa shape index (κ2) is 9.04. The molecule has 140 valence electrons. The molecule has 1 aliphatic heterocycles. The normalized spacial score (nSPS) is 19.6. The molecule has 4 N–H and O–H groups in total. The molecule has 0 atom stereocenters. The molecule has 1 aromatic rings. The highest BCUT2D eigenvalue weighted by molar-refractivity contribution is 5.98. The molecule has 0 aromatic heterocycles. The summed E-state index contributed by atoms with van der Waals surface area (Å²) < 4.78 is 0. The van der Waals surface area contributed by atoms with E-state index in [4.69, 9.17) is 11.5 Å². The van der Waals surface area contributed by atoms with Crippen LogP contribution in [0, 0.1) is 12.8 Å². The lowest BCUT2D eigenvalue weighted by Gasteiger charge is -2.32. The lowest BCUT2D eigenvalue weighted by atomic mass is 9.93. The summed E-state index contributed by atoms with van der Waals surface area (Å²) in [4.78, 5) is 7.18. The number of benzene rings is 1. The molecule has 1 aliphatic carbocycles. The van der Waals surface area contributed by atoms with Crippen LogP contribution >= 0.6 is 0 Å². The molecule has 1 saturated heterocycles. The van der Waals surface area contributed by atoms with Gasteiger partial charge in [-0.15, -0.1) is 0 Å². The number of aliphatic imine (C=N–C) groups is 1. The topological polar surface area (TPSA) is 67.6 Å². The quantitative estimate of drug-likeness (QED) is 0.466. The molecule has 1 fully saturated rings. The van der Waals surface area contributed by atoms with Crippen LogP contribution in [0.4, 0.5) is 5.69 Å². The average Bonchev–Trinajstić information content (AvgIpc) is 2.66. The Hall–Kier alpha value is -2.07. The summed E-state index contributed by atoms with van der Waals surface area (Å²) in [7, 11) is 0. The van der Waals surface area contributed by atoms with Crippen molar-refractivity contribution >= 4 is 11.5 Å². The molecular formula is C22H32N4. The molecule has 4 heteroatoms. The standard InChI is InChI=1S/C22H32N4/c1-17-15-20(7-8-21(17)23)22(24)25-12-9-18-10-13-26(14-11-18)16-19-5-3-2-4-6-19/h3,5-8,15,18H,2,4,9-14,16,23H2,1H3,(H2,24,25). The largest absolute Gasteiger partial charge is 0.399 e. The molecule has 2 aliphatic rings. The molecule has 4 nitrogen and oxygen atoms in total. The summed E-state index contributed by atoms with van der Waals surface area (Å²) >= 11 is 0. The van der Waals surface area contributed by atoms with Gasteiger partial charge in [-0.05, 0) is 87.4 Å². The first-order chi connectivity index (χ1) is 12.6. The van der Waals surface area contributed by atoms with E-state index in [0.717, 1.165) is 42.2 Å². The Labute approximate surface area is 157 Å². The van der Waals surface area contributed by atoms with Gasteiger partial charge in [0.15, 0.2) is 0 Å². The zero-order valence-corrected chi connectivity index (χ0v) is 16.0. The van der Waals surface area contributed by atoms with Crippen molar-refractivity contribution in [2.75, 3.05) is 31.9 Å². The van der Waals surface area contributed by atoms with Gasteiger partial charge in [-0.3, -0.25) is 9.89 Å². The highest BCUT2D eigenvalue weighted by Crippen LogP contribution is 2.22. The molecular weight excluding hydrogens is 320 g/mol. The molecule has 0 saturated carbocycles. The highest BCUT2D eigenvalue weighted by atomic mass is 15.1. The van der Waals surface area contributed by atoms with Crippen molar-refractivity contribution in [2.45, 2.75) is 39.0 Å². The van der Waals surface area contributed by atoms with Gasteiger partial charge in [-0.1, -0.05) is 18.2 Å². The molecule has 1 aromatic carbocycles. The van der Waals surface area contributed by atoms with Gasteiger partial charge in [0.2, 0.25) is 0 Å². The molecule has 0 amide bonds. The Morgan fingerprint density at radius 2 is 2.04 bits per heavy atom. The van der Waals surface area contributed by atoms with Crippen molar-refractivity contribution in [1.82, 2.24) is 4.90 Å². The van der Waals surface area contributed by atoms with Crippen molar-refractivity contribution in [3.05, 3.63) is 53.1 Å². The van der Waals surface area contributed by atoms with Gasteiger partial charge in [0.05, 0.1) is 0 Å². The number of piperidine rings is 1. The lowest BCUT2D eigenvalue weighted by molar-refractivity contribution is 0.193. The third-order valence-corrected chi connectivity index (χ3v) is 5.57. The van der Waals surface area contributed by atoms with Crippen molar-refractivity contribution in [3.8, 4) is 0 Å². The summed E-state index contributed by atoms with van der Waals surface area (Å²) in [5.41, 5.74) is 16.3. The average molecular weight is 353 g/mol. The van der Waals surface area contributed by atoms with E-state index in [-0.39, 0.29) is 0 Å². The van der Waals surface area contributed by atoms with Crippen molar-refractivity contribution in [1.29, 1.82) is 0 Å². The van der Waals surface area contributed by atoms with E-state index in [9.17, 15) is 0 Å². The zero-order chi connectivity index (χ0) is 18.4. The van der Waals surface area contributed by atoms with E-state index in [2.05, 4.69) is 28.1 Å². The fourth-order valence-corrected chi connectivity index (χ4v) is 3.77. The third-order valence-electron chi connectivity index (χ3n) is 5.57. The lowest BCUT2D eigenvalue weighted by Crippen LogP contribution is -2.35. The van der Waals surface area contributed by atoms with Crippen LogP contribution in [0.25, 0.3) is 0 Å². The van der Waals surface area contributed by atoms with Crippen molar-refractivity contribution in [2.24, 2.45) is 16.6 Å². The number of nitrogen functional groups attached to an aromatic ring is 1. The predicted octanol–water partition coefficient (Wildman–Crippen LogP) is 3.66. The number of aryl methyl sites for hydroxylation is 1. The number of hydrogen-bond donors (Lipinski definition) is 2. The van der Waals surface area contributed by atoms with E-state index in [0.29, 0.717) is 5.84 Å². The first-order valence-electron chi connectivity index (χ1n) is 9.86. The minimum absolute atomic E-state index is 0.626. The van der Waals surface area contributed by atoms with Crippen LogP contribution in [0.3, 0.4) is 0 Å². The predicted molar refractivity (Wildman–Crippen MR) is 111 cm³/mol. The van der Waals surface area contributed by atoms with Gasteiger partial charge >= 0.3 is 0 Å². The second-order valence-electron chi connectivity index (χ2n) is 7.61. The first kappa shape index (κ1) is 18.7. The van der Waals surface area contributed by atoms with Crippen LogP contribution in [0.5, 0.6) is 0 Å². The summed E-state index contributed by atoms with van der Waals surface area (Å²) in [5.74, 6) is 1.40. The summed E-state index contributed by atoms with van der Waals surface area (Å²) in [6, 6.07) is 5.87. The van der Waals surface area contributed by atoms with E-state index in [1.165, 1.54) is 44.3 Å². The van der Waals surface area contributed by atoms with Crippen molar-refractivity contribution < 1.29 is 0 Å². The Morgan fingerprint density at radius 1 is 1.23 bits per heavy atom. The Kier molecular flexibility index (Phi) is 6.51. The van der Waals surface area contributed by atoms with Gasteiger partial charge in [0.1, 0.15) is 5.84 Å². The number of rotatable bonds is 6. The van der Waals surface area contributed by atoms with Gasteiger partial charge in [0.25, 0.3) is 0 Å². The highest BCUT2D eigenvalue weighted by Gasteiger charge is 2.19. The van der Waals surface area contributed by atoms with E-state index >= 15 is 0 Å². The van der Waals surface area contributed by atoms with E-state index in [1.807, 2.05) is 25.1 Å². The van der Waals surface area contributed by atoms with Crippen LogP contribution in [-0.2, 0) is 0 Å². The minimum Gasteiger partial charge on any atom is -0.399 e. The van der Waals surface area contributed by atoms with E-state index < -0.39 is 0 Å². The summed E-state index contributed by atoms with van der Waals surface area (Å²) in [6.45, 7) is 6.33. The van der Waals surface area contributed by atoms with Gasteiger partial charge in [-0.25, -0.2) is 0 Å². The Morgan fingerprint density at radius 3 is 2.73 bits per heavy atom. The Bertz CT molecular complexity index is 694.